The Morgan fingerprint density at radius 2 is 2.16 bits per heavy atom. The Hall–Kier alpha value is -1.33. The third-order valence-electron chi connectivity index (χ3n) is 3.15. The van der Waals surface area contributed by atoms with Gasteiger partial charge in [-0.3, -0.25) is 9.78 Å². The van der Waals surface area contributed by atoms with Gasteiger partial charge in [-0.05, 0) is 35.6 Å². The Morgan fingerprint density at radius 3 is 2.89 bits per heavy atom. The van der Waals surface area contributed by atoms with Crippen molar-refractivity contribution in [2.24, 2.45) is 0 Å². The summed E-state index contributed by atoms with van der Waals surface area (Å²) < 4.78 is 0. The van der Waals surface area contributed by atoms with Crippen LogP contribution in [-0.2, 0) is 11.2 Å². The zero-order chi connectivity index (χ0) is 13.1. The number of carbonyl (C=O) groups excluding carboxylic acids is 1. The summed E-state index contributed by atoms with van der Waals surface area (Å²) in [5, 5.41) is 2.27. The third-order valence-corrected chi connectivity index (χ3v) is 5.46. The van der Waals surface area contributed by atoms with Gasteiger partial charge < -0.3 is 4.90 Å². The average molecular weight is 290 g/mol. The van der Waals surface area contributed by atoms with E-state index in [1.165, 1.54) is 10.4 Å². The molecular weight excluding hydrogens is 276 g/mol. The van der Waals surface area contributed by atoms with Crippen LogP contribution in [0, 0.1) is 0 Å². The molecule has 1 amide bonds. The van der Waals surface area contributed by atoms with E-state index in [1.54, 1.807) is 35.5 Å². The first kappa shape index (κ1) is 12.7. The van der Waals surface area contributed by atoms with Crippen molar-refractivity contribution < 1.29 is 4.79 Å². The molecule has 3 nitrogen and oxygen atoms in total. The van der Waals surface area contributed by atoms with Crippen LogP contribution in [0.3, 0.4) is 0 Å². The summed E-state index contributed by atoms with van der Waals surface area (Å²) >= 11 is 3.45. The minimum Gasteiger partial charge on any atom is -0.325 e. The summed E-state index contributed by atoms with van der Waals surface area (Å²) in [6.07, 6.45) is 4.48. The quantitative estimate of drug-likeness (QED) is 0.868. The molecule has 0 N–H and O–H groups in total. The highest BCUT2D eigenvalue weighted by atomic mass is 32.2. The van der Waals surface area contributed by atoms with Gasteiger partial charge in [0.1, 0.15) is 5.37 Å². The fourth-order valence-electron chi connectivity index (χ4n) is 2.16. The van der Waals surface area contributed by atoms with E-state index in [9.17, 15) is 4.79 Å². The number of pyridine rings is 1. The highest BCUT2D eigenvalue weighted by Gasteiger charge is 2.32. The van der Waals surface area contributed by atoms with Crippen LogP contribution in [-0.4, -0.2) is 28.1 Å². The van der Waals surface area contributed by atoms with Gasteiger partial charge in [-0.1, -0.05) is 6.07 Å². The topological polar surface area (TPSA) is 33.2 Å². The monoisotopic (exact) mass is 290 g/mol. The maximum atomic E-state index is 12.0. The van der Waals surface area contributed by atoms with Crippen molar-refractivity contribution in [3.8, 4) is 0 Å². The molecule has 0 aromatic carbocycles. The molecule has 1 unspecified atom stereocenters. The molecule has 0 saturated carbocycles. The first-order valence-corrected chi connectivity index (χ1v) is 8.11. The molecule has 98 valence electrons. The number of amides is 1. The number of carbonyl (C=O) groups is 1. The summed E-state index contributed by atoms with van der Waals surface area (Å²) in [5.41, 5.74) is 1.23. The first-order valence-electron chi connectivity index (χ1n) is 6.18. The number of rotatable bonds is 4. The van der Waals surface area contributed by atoms with E-state index >= 15 is 0 Å². The maximum Gasteiger partial charge on any atom is 0.233 e. The number of hydrogen-bond acceptors (Lipinski definition) is 4. The van der Waals surface area contributed by atoms with Crippen LogP contribution >= 0.6 is 23.1 Å². The lowest BCUT2D eigenvalue weighted by Crippen LogP contribution is -2.30. The molecule has 0 spiro atoms. The lowest BCUT2D eigenvalue weighted by molar-refractivity contribution is -0.127. The fourth-order valence-corrected chi connectivity index (χ4v) is 4.36. The molecule has 2 aromatic rings. The summed E-state index contributed by atoms with van der Waals surface area (Å²) in [7, 11) is 0. The maximum absolute atomic E-state index is 12.0. The highest BCUT2D eigenvalue weighted by Crippen LogP contribution is 2.40. The van der Waals surface area contributed by atoms with Crippen molar-refractivity contribution in [3.63, 3.8) is 0 Å². The molecule has 3 heterocycles. The predicted octanol–water partition coefficient (Wildman–Crippen LogP) is 2.96. The molecule has 2 aromatic heterocycles. The summed E-state index contributed by atoms with van der Waals surface area (Å²) in [6, 6.07) is 8.17. The average Bonchev–Trinajstić information content (AvgIpc) is 3.07. The van der Waals surface area contributed by atoms with Gasteiger partial charge in [-0.25, -0.2) is 0 Å². The number of hydrogen-bond donors (Lipinski definition) is 0. The number of thiophene rings is 1. The second-order valence-electron chi connectivity index (χ2n) is 4.37. The predicted molar refractivity (Wildman–Crippen MR) is 79.2 cm³/mol. The van der Waals surface area contributed by atoms with Crippen molar-refractivity contribution in [1.82, 2.24) is 9.88 Å². The van der Waals surface area contributed by atoms with Crippen molar-refractivity contribution >= 4 is 29.0 Å². The standard InChI is InChI=1S/C14H14N2OS2/c17-13-10-19-14(12-2-1-9-18-12)16(13)8-5-11-3-6-15-7-4-11/h1-4,6-7,9,14H,5,8,10H2. The summed E-state index contributed by atoms with van der Waals surface area (Å²) in [4.78, 5) is 19.3. The third kappa shape index (κ3) is 2.82. The Kier molecular flexibility index (Phi) is 3.84. The van der Waals surface area contributed by atoms with Gasteiger partial charge in [-0.2, -0.15) is 0 Å². The number of aromatic nitrogens is 1. The van der Waals surface area contributed by atoms with E-state index in [4.69, 9.17) is 0 Å². The minimum absolute atomic E-state index is 0.203. The van der Waals surface area contributed by atoms with Crippen LogP contribution < -0.4 is 0 Å². The molecule has 3 rings (SSSR count). The molecule has 1 saturated heterocycles. The Morgan fingerprint density at radius 1 is 1.32 bits per heavy atom. The van der Waals surface area contributed by atoms with Gasteiger partial charge in [0.15, 0.2) is 0 Å². The summed E-state index contributed by atoms with van der Waals surface area (Å²) in [5.74, 6) is 0.844. The van der Waals surface area contributed by atoms with Gasteiger partial charge in [0.25, 0.3) is 0 Å². The SMILES string of the molecule is O=C1CSC(c2cccs2)N1CCc1ccncc1. The van der Waals surface area contributed by atoms with Gasteiger partial charge in [0.2, 0.25) is 5.91 Å². The van der Waals surface area contributed by atoms with Crippen LogP contribution in [0.25, 0.3) is 0 Å². The van der Waals surface area contributed by atoms with Gasteiger partial charge in [0.05, 0.1) is 5.75 Å². The van der Waals surface area contributed by atoms with Crippen LogP contribution in [0.2, 0.25) is 0 Å². The van der Waals surface area contributed by atoms with E-state index < -0.39 is 0 Å². The van der Waals surface area contributed by atoms with Crippen LogP contribution in [0.15, 0.2) is 42.0 Å². The minimum atomic E-state index is 0.203. The second-order valence-corrected chi connectivity index (χ2v) is 6.42. The van der Waals surface area contributed by atoms with Crippen molar-refractivity contribution in [2.75, 3.05) is 12.3 Å². The van der Waals surface area contributed by atoms with Crippen LogP contribution in [0.4, 0.5) is 0 Å². The highest BCUT2D eigenvalue weighted by molar-refractivity contribution is 8.00. The molecular formula is C14H14N2OS2. The molecule has 1 atom stereocenters. The van der Waals surface area contributed by atoms with Gasteiger partial charge >= 0.3 is 0 Å². The molecule has 1 fully saturated rings. The van der Waals surface area contributed by atoms with Crippen LogP contribution in [0.1, 0.15) is 15.8 Å². The van der Waals surface area contributed by atoms with Gasteiger partial charge in [-0.15, -0.1) is 23.1 Å². The Labute approximate surface area is 120 Å². The summed E-state index contributed by atoms with van der Waals surface area (Å²) in [6.45, 7) is 0.776. The normalized spacial score (nSPS) is 19.1. The molecule has 0 aliphatic carbocycles. The van der Waals surface area contributed by atoms with Crippen molar-refractivity contribution in [1.29, 1.82) is 0 Å². The van der Waals surface area contributed by atoms with Crippen molar-refractivity contribution in [2.45, 2.75) is 11.8 Å². The van der Waals surface area contributed by atoms with Crippen molar-refractivity contribution in [3.05, 3.63) is 52.5 Å². The molecule has 0 radical (unpaired) electrons. The second kappa shape index (κ2) is 5.75. The van der Waals surface area contributed by atoms with E-state index in [0.29, 0.717) is 5.75 Å². The van der Waals surface area contributed by atoms with E-state index in [1.807, 2.05) is 23.1 Å². The van der Waals surface area contributed by atoms with Gasteiger partial charge in [0, 0.05) is 23.8 Å². The molecule has 0 bridgehead atoms. The largest absolute Gasteiger partial charge is 0.325 e. The lowest BCUT2D eigenvalue weighted by Gasteiger charge is -2.23. The molecule has 5 heteroatoms. The zero-order valence-corrected chi connectivity index (χ0v) is 12.0. The fraction of sp³-hybridized carbons (Fsp3) is 0.286. The first-order chi connectivity index (χ1) is 9.34. The van der Waals surface area contributed by atoms with Crippen LogP contribution in [0.5, 0.6) is 0 Å². The lowest BCUT2D eigenvalue weighted by atomic mass is 10.2. The molecule has 1 aliphatic rings. The van der Waals surface area contributed by atoms with E-state index in [-0.39, 0.29) is 11.3 Å². The number of nitrogens with zero attached hydrogens (tertiary/aromatic N) is 2. The molecule has 19 heavy (non-hydrogen) atoms. The van der Waals surface area contributed by atoms with E-state index in [2.05, 4.69) is 16.4 Å². The number of thioether (sulfide) groups is 1. The Balaban J connectivity index is 1.69. The van der Waals surface area contributed by atoms with E-state index in [0.717, 1.165) is 13.0 Å². The zero-order valence-electron chi connectivity index (χ0n) is 10.4. The molecule has 1 aliphatic heterocycles. The Bertz CT molecular complexity index is 542. The smallest absolute Gasteiger partial charge is 0.233 e.